The van der Waals surface area contributed by atoms with Crippen molar-refractivity contribution in [3.63, 3.8) is 0 Å². The van der Waals surface area contributed by atoms with Crippen LogP contribution in [0.1, 0.15) is 31.0 Å². The third-order valence-corrected chi connectivity index (χ3v) is 5.89. The second-order valence-corrected chi connectivity index (χ2v) is 8.33. The number of benzene rings is 2. The molecule has 0 fully saturated rings. The molecule has 1 aliphatic rings. The molecule has 2 amide bonds. The van der Waals surface area contributed by atoms with E-state index in [1.807, 2.05) is 45.0 Å². The molecular weight excluding hydrogens is 432 g/mol. The van der Waals surface area contributed by atoms with Gasteiger partial charge in [0, 0.05) is 51.8 Å². The van der Waals surface area contributed by atoms with E-state index in [1.54, 1.807) is 0 Å². The molecule has 0 aliphatic carbocycles. The monoisotopic (exact) mass is 468 g/mol. The summed E-state index contributed by atoms with van der Waals surface area (Å²) < 4.78 is 10.8. The molecule has 2 aromatic carbocycles. The maximum atomic E-state index is 12.6. The van der Waals surface area contributed by atoms with Crippen molar-refractivity contribution in [1.29, 1.82) is 0 Å². The van der Waals surface area contributed by atoms with Gasteiger partial charge in [-0.3, -0.25) is 9.59 Å². The minimum atomic E-state index is -0.701. The lowest BCUT2D eigenvalue weighted by molar-refractivity contribution is -0.146. The third-order valence-electron chi connectivity index (χ3n) is 5.89. The first-order chi connectivity index (χ1) is 16.4. The Balaban J connectivity index is 1.69. The Bertz CT molecular complexity index is 942. The number of fused-ring (bicyclic) bond motifs is 1. The lowest BCUT2D eigenvalue weighted by Gasteiger charge is -2.31. The van der Waals surface area contributed by atoms with Crippen LogP contribution in [0.15, 0.2) is 48.5 Å². The number of rotatable bonds is 11. The Hall–Kier alpha value is -3.10. The number of ether oxygens (including phenoxy) is 2. The van der Waals surface area contributed by atoms with Gasteiger partial charge in [-0.2, -0.15) is 0 Å². The first-order valence-electron chi connectivity index (χ1n) is 11.9. The first-order valence-corrected chi connectivity index (χ1v) is 11.9. The van der Waals surface area contributed by atoms with Gasteiger partial charge in [-0.05, 0) is 49.6 Å². The van der Waals surface area contributed by atoms with Crippen LogP contribution in [0.5, 0.6) is 0 Å². The molecule has 0 radical (unpaired) electrons. The van der Waals surface area contributed by atoms with Crippen molar-refractivity contribution < 1.29 is 19.1 Å². The van der Waals surface area contributed by atoms with Crippen molar-refractivity contribution in [3.05, 3.63) is 59.7 Å². The summed E-state index contributed by atoms with van der Waals surface area (Å²) in [6.45, 7) is 5.89. The molecule has 3 rings (SSSR count). The van der Waals surface area contributed by atoms with Gasteiger partial charge in [-0.1, -0.05) is 30.3 Å². The highest BCUT2D eigenvalue weighted by molar-refractivity contribution is 6.35. The zero-order chi connectivity index (χ0) is 24.5. The van der Waals surface area contributed by atoms with Gasteiger partial charge in [0.15, 0.2) is 6.29 Å². The minimum Gasteiger partial charge on any atom is -0.378 e. The van der Waals surface area contributed by atoms with Crippen molar-refractivity contribution in [2.45, 2.75) is 32.6 Å². The molecule has 2 N–H and O–H groups in total. The standard InChI is InChI=1S/C26H36N4O4/c1-5-33-24(34-6-2)18-28-26(32)25(31)27-17-23(20-11-13-21(14-12-20)29(3)4)30-16-15-19-9-7-8-10-22(19)30/h7-14,23-24H,5-6,15-18H2,1-4H3,(H,27,31)(H,28,32). The van der Waals surface area contributed by atoms with Crippen molar-refractivity contribution in [2.24, 2.45) is 0 Å². The molecule has 184 valence electrons. The van der Waals surface area contributed by atoms with Gasteiger partial charge < -0.3 is 29.9 Å². The average molecular weight is 469 g/mol. The van der Waals surface area contributed by atoms with Crippen LogP contribution in [0.4, 0.5) is 11.4 Å². The smallest absolute Gasteiger partial charge is 0.309 e. The van der Waals surface area contributed by atoms with Gasteiger partial charge in [0.25, 0.3) is 0 Å². The fraction of sp³-hybridized carbons (Fsp3) is 0.462. The Morgan fingerprint density at radius 1 is 0.941 bits per heavy atom. The maximum absolute atomic E-state index is 12.6. The lowest BCUT2D eigenvalue weighted by Crippen LogP contribution is -2.46. The highest BCUT2D eigenvalue weighted by Gasteiger charge is 2.28. The van der Waals surface area contributed by atoms with E-state index in [1.165, 1.54) is 11.3 Å². The van der Waals surface area contributed by atoms with E-state index in [0.717, 1.165) is 24.2 Å². The Morgan fingerprint density at radius 2 is 1.56 bits per heavy atom. The van der Waals surface area contributed by atoms with Gasteiger partial charge in [0.2, 0.25) is 0 Å². The van der Waals surface area contributed by atoms with E-state index in [4.69, 9.17) is 9.47 Å². The van der Waals surface area contributed by atoms with Crippen molar-refractivity contribution in [2.75, 3.05) is 56.7 Å². The minimum absolute atomic E-state index is 0.101. The summed E-state index contributed by atoms with van der Waals surface area (Å²) in [6.07, 6.45) is 0.378. The molecule has 8 nitrogen and oxygen atoms in total. The highest BCUT2D eigenvalue weighted by atomic mass is 16.7. The van der Waals surface area contributed by atoms with Gasteiger partial charge in [-0.15, -0.1) is 0 Å². The Labute approximate surface area is 202 Å². The van der Waals surface area contributed by atoms with E-state index in [2.05, 4.69) is 51.9 Å². The summed E-state index contributed by atoms with van der Waals surface area (Å²) >= 11 is 0. The molecule has 0 aromatic heterocycles. The quantitative estimate of drug-likeness (QED) is 0.390. The maximum Gasteiger partial charge on any atom is 0.309 e. The summed E-state index contributed by atoms with van der Waals surface area (Å²) in [5.41, 5.74) is 4.64. The predicted molar refractivity (Wildman–Crippen MR) is 134 cm³/mol. The van der Waals surface area contributed by atoms with E-state index in [0.29, 0.717) is 19.8 Å². The third kappa shape index (κ3) is 6.48. The van der Waals surface area contributed by atoms with Crippen molar-refractivity contribution in [1.82, 2.24) is 10.6 Å². The summed E-state index contributed by atoms with van der Waals surface area (Å²) in [7, 11) is 4.01. The molecule has 34 heavy (non-hydrogen) atoms. The number of hydrogen-bond acceptors (Lipinski definition) is 6. The Kier molecular flexibility index (Phi) is 9.30. The number of nitrogens with one attached hydrogen (secondary N) is 2. The zero-order valence-electron chi connectivity index (χ0n) is 20.5. The van der Waals surface area contributed by atoms with E-state index in [-0.39, 0.29) is 12.6 Å². The van der Waals surface area contributed by atoms with Crippen LogP contribution in [0, 0.1) is 0 Å². The second-order valence-electron chi connectivity index (χ2n) is 8.33. The molecule has 0 bridgehead atoms. The van der Waals surface area contributed by atoms with Crippen LogP contribution in [-0.4, -0.2) is 65.0 Å². The van der Waals surface area contributed by atoms with E-state index < -0.39 is 18.1 Å². The molecule has 1 heterocycles. The van der Waals surface area contributed by atoms with Crippen LogP contribution in [0.2, 0.25) is 0 Å². The fourth-order valence-corrected chi connectivity index (χ4v) is 4.15. The van der Waals surface area contributed by atoms with E-state index in [9.17, 15) is 9.59 Å². The number of carbonyl (C=O) groups excluding carboxylic acids is 2. The molecule has 0 saturated carbocycles. The highest BCUT2D eigenvalue weighted by Crippen LogP contribution is 2.35. The second kappa shape index (κ2) is 12.4. The molecule has 1 atom stereocenters. The number of nitrogens with zero attached hydrogens (tertiary/aromatic N) is 2. The van der Waals surface area contributed by atoms with Gasteiger partial charge in [-0.25, -0.2) is 0 Å². The number of carbonyl (C=O) groups is 2. The summed E-state index contributed by atoms with van der Waals surface area (Å²) in [6, 6.07) is 16.5. The van der Waals surface area contributed by atoms with Crippen LogP contribution in [-0.2, 0) is 25.5 Å². The number of anilines is 2. The topological polar surface area (TPSA) is 83.1 Å². The molecular formula is C26H36N4O4. The van der Waals surface area contributed by atoms with E-state index >= 15 is 0 Å². The zero-order valence-corrected chi connectivity index (χ0v) is 20.5. The molecule has 0 spiro atoms. The fourth-order valence-electron chi connectivity index (χ4n) is 4.15. The summed E-state index contributed by atoms with van der Waals surface area (Å²) in [4.78, 5) is 29.3. The van der Waals surface area contributed by atoms with Gasteiger partial charge in [0.05, 0.1) is 12.6 Å². The normalized spacial score (nSPS) is 13.5. The number of amides is 2. The number of para-hydroxylation sites is 1. The Morgan fingerprint density at radius 3 is 2.18 bits per heavy atom. The summed E-state index contributed by atoms with van der Waals surface area (Å²) in [5.74, 6) is -1.37. The SMILES string of the molecule is CCOC(CNC(=O)C(=O)NCC(c1ccc(N(C)C)cc1)N1CCc2ccccc21)OCC. The summed E-state index contributed by atoms with van der Waals surface area (Å²) in [5, 5.41) is 5.43. The van der Waals surface area contributed by atoms with Gasteiger partial charge >= 0.3 is 11.8 Å². The van der Waals surface area contributed by atoms with Crippen molar-refractivity contribution >= 4 is 23.2 Å². The average Bonchev–Trinajstić information content (AvgIpc) is 3.27. The molecule has 1 aliphatic heterocycles. The molecule has 0 saturated heterocycles. The first kappa shape index (κ1) is 25.5. The van der Waals surface area contributed by atoms with Crippen molar-refractivity contribution in [3.8, 4) is 0 Å². The van der Waals surface area contributed by atoms with Gasteiger partial charge in [0.1, 0.15) is 0 Å². The van der Waals surface area contributed by atoms with Crippen LogP contribution < -0.4 is 20.4 Å². The van der Waals surface area contributed by atoms with Crippen LogP contribution in [0.3, 0.4) is 0 Å². The molecule has 2 aromatic rings. The van der Waals surface area contributed by atoms with Crippen LogP contribution in [0.25, 0.3) is 0 Å². The number of hydrogen-bond donors (Lipinski definition) is 2. The molecule has 8 heteroatoms. The predicted octanol–water partition coefficient (Wildman–Crippen LogP) is 2.49. The van der Waals surface area contributed by atoms with Crippen LogP contribution >= 0.6 is 0 Å². The lowest BCUT2D eigenvalue weighted by atomic mass is 10.0. The molecule has 1 unspecified atom stereocenters. The largest absolute Gasteiger partial charge is 0.378 e.